The molecule has 4 nitrogen and oxygen atoms in total. The summed E-state index contributed by atoms with van der Waals surface area (Å²) >= 11 is 1.63. The van der Waals surface area contributed by atoms with Crippen LogP contribution in [0.5, 0.6) is 23.0 Å². The normalized spacial score (nSPS) is 13.1. The van der Waals surface area contributed by atoms with E-state index in [0.717, 1.165) is 10.6 Å². The maximum atomic E-state index is 6.02. The molecule has 0 radical (unpaired) electrons. The third kappa shape index (κ3) is 2.49. The number of anilines is 1. The number of fused-ring (bicyclic) bond motifs is 1. The van der Waals surface area contributed by atoms with Crippen molar-refractivity contribution in [2.45, 2.75) is 4.90 Å². The molecular formula is C15H15NO3S. The zero-order valence-electron chi connectivity index (χ0n) is 11.1. The molecule has 2 N–H and O–H groups in total. The highest BCUT2D eigenvalue weighted by molar-refractivity contribution is 7.98. The first kappa shape index (κ1) is 13.0. The molecule has 0 atom stereocenters. The van der Waals surface area contributed by atoms with Gasteiger partial charge in [0.15, 0.2) is 17.2 Å². The van der Waals surface area contributed by atoms with Gasteiger partial charge in [-0.3, -0.25) is 0 Å². The SMILES string of the molecule is CSc1ccccc1Oc1cc2c(cc1N)OCCO2. The second kappa shape index (κ2) is 5.54. The summed E-state index contributed by atoms with van der Waals surface area (Å²) in [5, 5.41) is 0. The Morgan fingerprint density at radius 3 is 2.50 bits per heavy atom. The van der Waals surface area contributed by atoms with E-state index in [1.807, 2.05) is 30.5 Å². The number of hydrogen-bond acceptors (Lipinski definition) is 5. The predicted molar refractivity (Wildman–Crippen MR) is 80.1 cm³/mol. The Hall–Kier alpha value is -2.01. The smallest absolute Gasteiger partial charge is 0.165 e. The van der Waals surface area contributed by atoms with Gasteiger partial charge in [-0.05, 0) is 18.4 Å². The van der Waals surface area contributed by atoms with Gasteiger partial charge in [-0.2, -0.15) is 0 Å². The van der Waals surface area contributed by atoms with Crippen LogP contribution in [0, 0.1) is 0 Å². The van der Waals surface area contributed by atoms with Gasteiger partial charge in [-0.25, -0.2) is 0 Å². The molecule has 5 heteroatoms. The maximum absolute atomic E-state index is 6.02. The van der Waals surface area contributed by atoms with Crippen LogP contribution in [0.4, 0.5) is 5.69 Å². The Balaban J connectivity index is 1.94. The maximum Gasteiger partial charge on any atom is 0.165 e. The lowest BCUT2D eigenvalue weighted by Crippen LogP contribution is -2.15. The van der Waals surface area contributed by atoms with Gasteiger partial charge in [0.05, 0.1) is 5.69 Å². The van der Waals surface area contributed by atoms with Crippen LogP contribution >= 0.6 is 11.8 Å². The van der Waals surface area contributed by atoms with Crippen molar-refractivity contribution >= 4 is 17.4 Å². The third-order valence-corrected chi connectivity index (χ3v) is 3.74. The molecule has 0 unspecified atom stereocenters. The molecule has 0 spiro atoms. The number of nitrogen functional groups attached to an aromatic ring is 1. The predicted octanol–water partition coefficient (Wildman–Crippen LogP) is 3.55. The molecule has 0 aromatic heterocycles. The van der Waals surface area contributed by atoms with Crippen LogP contribution in [0.3, 0.4) is 0 Å². The van der Waals surface area contributed by atoms with E-state index >= 15 is 0 Å². The number of para-hydroxylation sites is 1. The minimum atomic E-state index is 0.533. The number of benzene rings is 2. The molecule has 1 aliphatic rings. The standard InChI is InChI=1S/C15H15NO3S/c1-20-15-5-3-2-4-11(15)19-12-9-14-13(8-10(12)16)17-6-7-18-14/h2-5,8-9H,6-7,16H2,1H3. The van der Waals surface area contributed by atoms with Crippen LogP contribution in [0.25, 0.3) is 0 Å². The van der Waals surface area contributed by atoms with Gasteiger partial charge in [-0.1, -0.05) is 12.1 Å². The van der Waals surface area contributed by atoms with Gasteiger partial charge < -0.3 is 19.9 Å². The quantitative estimate of drug-likeness (QED) is 0.691. The number of ether oxygens (including phenoxy) is 3. The zero-order valence-corrected chi connectivity index (χ0v) is 11.9. The van der Waals surface area contributed by atoms with E-state index in [1.54, 1.807) is 23.9 Å². The van der Waals surface area contributed by atoms with Crippen LogP contribution in [0.15, 0.2) is 41.3 Å². The second-order valence-corrected chi connectivity index (χ2v) is 5.13. The molecule has 0 bridgehead atoms. The molecule has 20 heavy (non-hydrogen) atoms. The average Bonchev–Trinajstić information content (AvgIpc) is 2.48. The molecule has 0 aliphatic carbocycles. The zero-order chi connectivity index (χ0) is 13.9. The van der Waals surface area contributed by atoms with E-state index in [4.69, 9.17) is 19.9 Å². The van der Waals surface area contributed by atoms with Crippen LogP contribution < -0.4 is 19.9 Å². The van der Waals surface area contributed by atoms with Crippen molar-refractivity contribution in [1.29, 1.82) is 0 Å². The van der Waals surface area contributed by atoms with Gasteiger partial charge in [0.25, 0.3) is 0 Å². The number of nitrogens with two attached hydrogens (primary N) is 1. The van der Waals surface area contributed by atoms with Crippen LogP contribution in [-0.2, 0) is 0 Å². The van der Waals surface area contributed by atoms with Gasteiger partial charge in [0, 0.05) is 17.0 Å². The first-order valence-corrected chi connectivity index (χ1v) is 7.50. The van der Waals surface area contributed by atoms with E-state index in [0.29, 0.717) is 36.1 Å². The summed E-state index contributed by atoms with van der Waals surface area (Å²) in [6.45, 7) is 1.08. The highest BCUT2D eigenvalue weighted by Gasteiger charge is 2.16. The Kier molecular flexibility index (Phi) is 3.60. The Bertz CT molecular complexity index is 631. The molecule has 0 saturated carbocycles. The molecule has 2 aromatic rings. The average molecular weight is 289 g/mol. The number of rotatable bonds is 3. The van der Waals surface area contributed by atoms with Crippen molar-refractivity contribution in [1.82, 2.24) is 0 Å². The summed E-state index contributed by atoms with van der Waals surface area (Å²) in [6, 6.07) is 11.4. The largest absolute Gasteiger partial charge is 0.486 e. The lowest BCUT2D eigenvalue weighted by molar-refractivity contribution is 0.171. The molecule has 1 aliphatic heterocycles. The lowest BCUT2D eigenvalue weighted by Gasteiger charge is -2.20. The van der Waals surface area contributed by atoms with Crippen molar-refractivity contribution in [3.05, 3.63) is 36.4 Å². The summed E-state index contributed by atoms with van der Waals surface area (Å²) in [5.74, 6) is 2.69. The van der Waals surface area contributed by atoms with E-state index in [-0.39, 0.29) is 0 Å². The van der Waals surface area contributed by atoms with Crippen LogP contribution in [-0.4, -0.2) is 19.5 Å². The fourth-order valence-corrected chi connectivity index (χ4v) is 2.52. The molecule has 1 heterocycles. The minimum Gasteiger partial charge on any atom is -0.486 e. The third-order valence-electron chi connectivity index (χ3n) is 2.96. The monoisotopic (exact) mass is 289 g/mol. The van der Waals surface area contributed by atoms with Crippen molar-refractivity contribution in [3.63, 3.8) is 0 Å². The molecular weight excluding hydrogens is 274 g/mol. The van der Waals surface area contributed by atoms with Crippen molar-refractivity contribution in [2.75, 3.05) is 25.2 Å². The summed E-state index contributed by atoms with van der Waals surface area (Å²) in [7, 11) is 0. The highest BCUT2D eigenvalue weighted by Crippen LogP contribution is 2.41. The number of hydrogen-bond donors (Lipinski definition) is 1. The molecule has 2 aromatic carbocycles. The van der Waals surface area contributed by atoms with Crippen molar-refractivity contribution < 1.29 is 14.2 Å². The van der Waals surface area contributed by atoms with Crippen LogP contribution in [0.1, 0.15) is 0 Å². The minimum absolute atomic E-state index is 0.533. The van der Waals surface area contributed by atoms with Gasteiger partial charge >= 0.3 is 0 Å². The Morgan fingerprint density at radius 2 is 1.75 bits per heavy atom. The van der Waals surface area contributed by atoms with Crippen molar-refractivity contribution in [2.24, 2.45) is 0 Å². The summed E-state index contributed by atoms with van der Waals surface area (Å²) in [4.78, 5) is 1.06. The molecule has 104 valence electrons. The van der Waals surface area contributed by atoms with Gasteiger partial charge in [0.2, 0.25) is 0 Å². The van der Waals surface area contributed by atoms with E-state index < -0.39 is 0 Å². The molecule has 0 amide bonds. The van der Waals surface area contributed by atoms with E-state index in [1.165, 1.54) is 0 Å². The first-order chi connectivity index (χ1) is 9.78. The fraction of sp³-hybridized carbons (Fsp3) is 0.200. The van der Waals surface area contributed by atoms with E-state index in [9.17, 15) is 0 Å². The van der Waals surface area contributed by atoms with Crippen molar-refractivity contribution in [3.8, 4) is 23.0 Å². The van der Waals surface area contributed by atoms with E-state index in [2.05, 4.69) is 0 Å². The summed E-state index contributed by atoms with van der Waals surface area (Å²) in [5.41, 5.74) is 6.55. The van der Waals surface area contributed by atoms with Crippen LogP contribution in [0.2, 0.25) is 0 Å². The fourth-order valence-electron chi connectivity index (χ4n) is 2.00. The molecule has 3 rings (SSSR count). The Morgan fingerprint density at radius 1 is 1.05 bits per heavy atom. The number of thioether (sulfide) groups is 1. The van der Waals surface area contributed by atoms with Gasteiger partial charge in [-0.15, -0.1) is 11.8 Å². The Labute approximate surface area is 121 Å². The second-order valence-electron chi connectivity index (χ2n) is 4.29. The highest BCUT2D eigenvalue weighted by atomic mass is 32.2. The molecule has 0 saturated heterocycles. The molecule has 0 fully saturated rings. The first-order valence-electron chi connectivity index (χ1n) is 6.28. The summed E-state index contributed by atoms with van der Waals surface area (Å²) in [6.07, 6.45) is 2.01. The summed E-state index contributed by atoms with van der Waals surface area (Å²) < 4.78 is 17.0. The van der Waals surface area contributed by atoms with Gasteiger partial charge in [0.1, 0.15) is 19.0 Å². The topological polar surface area (TPSA) is 53.7 Å². The lowest BCUT2D eigenvalue weighted by atomic mass is 10.2.